The summed E-state index contributed by atoms with van der Waals surface area (Å²) >= 11 is 0. The molecule has 1 aromatic heterocycles. The van der Waals surface area contributed by atoms with E-state index in [0.29, 0.717) is 41.3 Å². The lowest BCUT2D eigenvalue weighted by Gasteiger charge is -2.33. The van der Waals surface area contributed by atoms with E-state index in [2.05, 4.69) is 30.8 Å². The standard InChI is InChI=1S/C32H30N8O4/c33-16-18-34-29(41)22-3-1-21(2-4-22)28-13-17-35-32(38-28)37-26-9-11-27(12-10-26)40-19-14-24(15-20-40)30(42)36-25-7-5-23(6-8-25)31(43)39-44/h1-13,17,24,44H,14-15,18-20H2,(H,34,41)(H,36,42)(H,39,43)(H,35,37,38). The van der Waals surface area contributed by atoms with Crippen LogP contribution in [0.15, 0.2) is 85.1 Å². The Morgan fingerprint density at radius 1 is 0.864 bits per heavy atom. The van der Waals surface area contributed by atoms with Gasteiger partial charge in [-0.1, -0.05) is 12.1 Å². The van der Waals surface area contributed by atoms with Gasteiger partial charge in [0.1, 0.15) is 6.54 Å². The molecule has 222 valence electrons. The minimum Gasteiger partial charge on any atom is -0.371 e. The van der Waals surface area contributed by atoms with E-state index in [9.17, 15) is 14.4 Å². The van der Waals surface area contributed by atoms with Crippen LogP contribution < -0.4 is 26.3 Å². The van der Waals surface area contributed by atoms with Crippen molar-refractivity contribution in [3.05, 3.63) is 96.2 Å². The Morgan fingerprint density at radius 3 is 2.16 bits per heavy atom. The summed E-state index contributed by atoms with van der Waals surface area (Å²) in [4.78, 5) is 47.5. The number of nitriles is 1. The minimum absolute atomic E-state index is 0.0472. The highest BCUT2D eigenvalue weighted by Crippen LogP contribution is 2.27. The van der Waals surface area contributed by atoms with Gasteiger partial charge in [0.25, 0.3) is 11.8 Å². The average Bonchev–Trinajstić information content (AvgIpc) is 3.08. The third-order valence-electron chi connectivity index (χ3n) is 7.30. The van der Waals surface area contributed by atoms with Gasteiger partial charge < -0.3 is 20.9 Å². The van der Waals surface area contributed by atoms with Crippen molar-refractivity contribution in [2.45, 2.75) is 12.8 Å². The molecule has 0 aliphatic carbocycles. The molecule has 0 bridgehead atoms. The highest BCUT2D eigenvalue weighted by molar-refractivity contribution is 5.96. The van der Waals surface area contributed by atoms with E-state index in [1.807, 2.05) is 30.3 Å². The molecule has 1 aliphatic heterocycles. The monoisotopic (exact) mass is 590 g/mol. The van der Waals surface area contributed by atoms with Crippen molar-refractivity contribution in [3.8, 4) is 17.3 Å². The zero-order valence-corrected chi connectivity index (χ0v) is 23.7. The predicted molar refractivity (Wildman–Crippen MR) is 164 cm³/mol. The molecule has 1 fully saturated rings. The van der Waals surface area contributed by atoms with Gasteiger partial charge in [-0.3, -0.25) is 19.6 Å². The van der Waals surface area contributed by atoms with Crippen LogP contribution in [-0.4, -0.2) is 52.5 Å². The van der Waals surface area contributed by atoms with Gasteiger partial charge in [-0.25, -0.2) is 15.4 Å². The maximum absolute atomic E-state index is 12.8. The lowest BCUT2D eigenvalue weighted by molar-refractivity contribution is -0.120. The number of nitrogens with one attached hydrogen (secondary N) is 4. The molecule has 44 heavy (non-hydrogen) atoms. The summed E-state index contributed by atoms with van der Waals surface area (Å²) in [6.07, 6.45) is 3.09. The van der Waals surface area contributed by atoms with E-state index in [1.165, 1.54) is 12.1 Å². The molecule has 0 spiro atoms. The number of anilines is 4. The number of amides is 3. The van der Waals surface area contributed by atoms with Crippen LogP contribution in [0.2, 0.25) is 0 Å². The predicted octanol–water partition coefficient (Wildman–Crippen LogP) is 4.11. The van der Waals surface area contributed by atoms with Crippen molar-refractivity contribution in [1.29, 1.82) is 5.26 Å². The fraction of sp³-hybridized carbons (Fsp3) is 0.188. The number of piperidine rings is 1. The maximum Gasteiger partial charge on any atom is 0.274 e. The van der Waals surface area contributed by atoms with Crippen molar-refractivity contribution >= 4 is 40.7 Å². The normalized spacial score (nSPS) is 13.0. The smallest absolute Gasteiger partial charge is 0.274 e. The second kappa shape index (κ2) is 13.9. The Labute approximate surface area is 253 Å². The van der Waals surface area contributed by atoms with Crippen LogP contribution in [0.1, 0.15) is 33.6 Å². The van der Waals surface area contributed by atoms with E-state index in [4.69, 9.17) is 10.5 Å². The zero-order valence-electron chi connectivity index (χ0n) is 23.7. The number of carbonyl (C=O) groups excluding carboxylic acids is 3. The number of hydrogen-bond acceptors (Lipinski definition) is 9. The first-order valence-corrected chi connectivity index (χ1v) is 14.0. The number of carbonyl (C=O) groups is 3. The number of nitrogens with zero attached hydrogens (tertiary/aromatic N) is 4. The molecular weight excluding hydrogens is 560 g/mol. The van der Waals surface area contributed by atoms with Crippen molar-refractivity contribution in [3.63, 3.8) is 0 Å². The molecule has 4 aromatic rings. The van der Waals surface area contributed by atoms with Crippen LogP contribution in [0.25, 0.3) is 11.3 Å². The number of rotatable bonds is 9. The van der Waals surface area contributed by atoms with Crippen molar-refractivity contribution in [2.75, 3.05) is 35.2 Å². The molecule has 12 nitrogen and oxygen atoms in total. The maximum atomic E-state index is 12.8. The molecule has 1 aliphatic rings. The van der Waals surface area contributed by atoms with E-state index in [-0.39, 0.29) is 24.3 Å². The van der Waals surface area contributed by atoms with Gasteiger partial charge >= 0.3 is 0 Å². The summed E-state index contributed by atoms with van der Waals surface area (Å²) in [7, 11) is 0. The van der Waals surface area contributed by atoms with Crippen LogP contribution in [-0.2, 0) is 4.79 Å². The fourth-order valence-electron chi connectivity index (χ4n) is 4.89. The van der Waals surface area contributed by atoms with Gasteiger partial charge in [-0.2, -0.15) is 5.26 Å². The van der Waals surface area contributed by atoms with E-state index in [0.717, 1.165) is 30.0 Å². The lowest BCUT2D eigenvalue weighted by atomic mass is 9.95. The molecule has 0 unspecified atom stereocenters. The molecule has 2 heterocycles. The van der Waals surface area contributed by atoms with Crippen LogP contribution in [0.3, 0.4) is 0 Å². The largest absolute Gasteiger partial charge is 0.371 e. The molecule has 3 aromatic carbocycles. The van der Waals surface area contributed by atoms with Crippen molar-refractivity contribution in [1.82, 2.24) is 20.8 Å². The first-order chi connectivity index (χ1) is 21.4. The third-order valence-corrected chi connectivity index (χ3v) is 7.30. The molecule has 0 saturated carbocycles. The van der Waals surface area contributed by atoms with Crippen LogP contribution >= 0.6 is 0 Å². The van der Waals surface area contributed by atoms with Gasteiger partial charge in [0, 0.05) is 59.0 Å². The molecular formula is C32H30N8O4. The summed E-state index contributed by atoms with van der Waals surface area (Å²) in [5.74, 6) is -0.652. The Bertz CT molecular complexity index is 1660. The Hall–Kier alpha value is -5.80. The topological polar surface area (TPSA) is 172 Å². The zero-order chi connectivity index (χ0) is 30.9. The summed E-state index contributed by atoms with van der Waals surface area (Å²) in [5, 5.41) is 26.0. The van der Waals surface area contributed by atoms with Gasteiger partial charge in [0.05, 0.1) is 11.8 Å². The number of benzene rings is 3. The molecule has 5 rings (SSSR count). The van der Waals surface area contributed by atoms with Crippen molar-refractivity contribution < 1.29 is 19.6 Å². The Morgan fingerprint density at radius 2 is 1.50 bits per heavy atom. The second-order valence-electron chi connectivity index (χ2n) is 10.1. The molecule has 1 saturated heterocycles. The van der Waals surface area contributed by atoms with Crippen molar-refractivity contribution in [2.24, 2.45) is 5.92 Å². The first kappa shape index (κ1) is 29.7. The molecule has 0 radical (unpaired) electrons. The molecule has 0 atom stereocenters. The average molecular weight is 591 g/mol. The summed E-state index contributed by atoms with van der Waals surface area (Å²) < 4.78 is 0. The molecule has 12 heteroatoms. The van der Waals surface area contributed by atoms with Gasteiger partial charge in [-0.15, -0.1) is 0 Å². The van der Waals surface area contributed by atoms with Gasteiger partial charge in [-0.05, 0) is 79.6 Å². The highest BCUT2D eigenvalue weighted by Gasteiger charge is 2.25. The van der Waals surface area contributed by atoms with Gasteiger partial charge in [0.2, 0.25) is 11.9 Å². The minimum atomic E-state index is -0.609. The van der Waals surface area contributed by atoms with Gasteiger partial charge in [0.15, 0.2) is 0 Å². The second-order valence-corrected chi connectivity index (χ2v) is 10.1. The molecule has 5 N–H and O–H groups in total. The van der Waals surface area contributed by atoms with E-state index in [1.54, 1.807) is 54.1 Å². The first-order valence-electron chi connectivity index (χ1n) is 14.0. The number of hydrogen-bond donors (Lipinski definition) is 5. The van der Waals surface area contributed by atoms with Crippen LogP contribution in [0, 0.1) is 17.2 Å². The summed E-state index contributed by atoms with van der Waals surface area (Å²) in [5.41, 5.74) is 6.34. The number of hydroxylamine groups is 1. The van der Waals surface area contributed by atoms with E-state index >= 15 is 0 Å². The number of aromatic nitrogens is 2. The third kappa shape index (κ3) is 7.33. The lowest BCUT2D eigenvalue weighted by Crippen LogP contribution is -2.38. The van der Waals surface area contributed by atoms with Crippen LogP contribution in [0.5, 0.6) is 0 Å². The highest BCUT2D eigenvalue weighted by atomic mass is 16.5. The summed E-state index contributed by atoms with van der Waals surface area (Å²) in [6, 6.07) is 24.9. The van der Waals surface area contributed by atoms with Crippen LogP contribution in [0.4, 0.5) is 23.0 Å². The SMILES string of the molecule is N#CCNC(=O)c1ccc(-c2ccnc(Nc3ccc(N4CCC(C(=O)Nc5ccc(C(=O)NO)cc5)CC4)cc3)n2)cc1. The molecule has 3 amide bonds. The fourth-order valence-corrected chi connectivity index (χ4v) is 4.89. The quantitative estimate of drug-likeness (QED) is 0.109. The summed E-state index contributed by atoms with van der Waals surface area (Å²) in [6.45, 7) is 1.43. The Balaban J connectivity index is 1.13. The Kier molecular flexibility index (Phi) is 9.38. The van der Waals surface area contributed by atoms with E-state index < -0.39 is 5.91 Å².